The molecule has 1 aromatic rings. The molecule has 5 nitrogen and oxygen atoms in total. The average molecular weight is 292 g/mol. The smallest absolute Gasteiger partial charge is 0.319 e. The molecular formula is C16H24N2O3. The number of aryl methyl sites for hydroxylation is 1. The number of carboxylic acid groups (broad SMARTS) is 1. The van der Waals surface area contributed by atoms with Crippen LogP contribution in [0.15, 0.2) is 24.3 Å². The number of carboxylic acids is 1. The first-order chi connectivity index (χ1) is 10.0. The van der Waals surface area contributed by atoms with Crippen molar-refractivity contribution in [2.24, 2.45) is 0 Å². The van der Waals surface area contributed by atoms with E-state index < -0.39 is 5.97 Å². The number of aliphatic carboxylic acids is 1. The van der Waals surface area contributed by atoms with Crippen LogP contribution in [0.5, 0.6) is 0 Å². The number of anilines is 1. The normalized spacial score (nSPS) is 11.7. The third-order valence-electron chi connectivity index (χ3n) is 3.20. The molecule has 21 heavy (non-hydrogen) atoms. The van der Waals surface area contributed by atoms with Gasteiger partial charge in [0.15, 0.2) is 0 Å². The quantitative estimate of drug-likeness (QED) is 0.687. The fourth-order valence-electron chi connectivity index (χ4n) is 1.94. The Balaban J connectivity index is 2.38. The lowest BCUT2D eigenvalue weighted by molar-refractivity contribution is -0.137. The summed E-state index contributed by atoms with van der Waals surface area (Å²) in [5.74, 6) is -0.855. The summed E-state index contributed by atoms with van der Waals surface area (Å²) in [6.07, 6.45) is 3.84. The van der Waals surface area contributed by atoms with Gasteiger partial charge in [-0.05, 0) is 43.9 Å². The summed E-state index contributed by atoms with van der Waals surface area (Å²) in [6.45, 7) is 3.95. The van der Waals surface area contributed by atoms with Crippen LogP contribution in [0.4, 0.5) is 10.5 Å². The maximum absolute atomic E-state index is 11.8. The molecule has 0 aliphatic rings. The van der Waals surface area contributed by atoms with Crippen LogP contribution in [0.3, 0.4) is 0 Å². The molecule has 0 radical (unpaired) electrons. The molecule has 2 amide bonds. The summed E-state index contributed by atoms with van der Waals surface area (Å²) in [6, 6.07) is 7.30. The summed E-state index contributed by atoms with van der Waals surface area (Å²) in [5.41, 5.74) is 2.00. The van der Waals surface area contributed by atoms with Crippen molar-refractivity contribution in [3.05, 3.63) is 29.8 Å². The second-order valence-electron chi connectivity index (χ2n) is 5.23. The van der Waals surface area contributed by atoms with Gasteiger partial charge in [0.2, 0.25) is 0 Å². The summed E-state index contributed by atoms with van der Waals surface area (Å²) >= 11 is 0. The monoisotopic (exact) mass is 292 g/mol. The van der Waals surface area contributed by atoms with E-state index in [-0.39, 0.29) is 18.5 Å². The van der Waals surface area contributed by atoms with Crippen molar-refractivity contribution in [1.29, 1.82) is 0 Å². The fraction of sp³-hybridized carbons (Fsp3) is 0.500. The van der Waals surface area contributed by atoms with Crippen molar-refractivity contribution in [3.63, 3.8) is 0 Å². The van der Waals surface area contributed by atoms with Crippen LogP contribution in [-0.4, -0.2) is 23.1 Å². The highest BCUT2D eigenvalue weighted by Gasteiger charge is 2.09. The Kier molecular flexibility index (Phi) is 7.29. The van der Waals surface area contributed by atoms with E-state index in [0.717, 1.165) is 24.9 Å². The molecular weight excluding hydrogens is 268 g/mol. The van der Waals surface area contributed by atoms with Gasteiger partial charge in [-0.2, -0.15) is 0 Å². The first-order valence-electron chi connectivity index (χ1n) is 7.39. The number of rotatable bonds is 8. The van der Waals surface area contributed by atoms with Crippen molar-refractivity contribution < 1.29 is 14.7 Å². The van der Waals surface area contributed by atoms with E-state index in [2.05, 4.69) is 17.6 Å². The number of unbranched alkanes of at least 4 members (excludes halogenated alkanes) is 1. The second-order valence-corrected chi connectivity index (χ2v) is 5.23. The van der Waals surface area contributed by atoms with Gasteiger partial charge in [0.1, 0.15) is 0 Å². The molecule has 0 aromatic heterocycles. The second kappa shape index (κ2) is 9.00. The molecule has 3 N–H and O–H groups in total. The molecule has 0 saturated heterocycles. The van der Waals surface area contributed by atoms with Crippen LogP contribution in [0.2, 0.25) is 0 Å². The van der Waals surface area contributed by atoms with Crippen molar-refractivity contribution in [3.8, 4) is 0 Å². The van der Waals surface area contributed by atoms with Crippen LogP contribution in [0.25, 0.3) is 0 Å². The van der Waals surface area contributed by atoms with Gasteiger partial charge in [0.05, 0.1) is 0 Å². The highest BCUT2D eigenvalue weighted by Crippen LogP contribution is 2.11. The highest BCUT2D eigenvalue weighted by molar-refractivity contribution is 5.89. The maximum atomic E-state index is 11.8. The molecule has 0 saturated carbocycles. The van der Waals surface area contributed by atoms with Gasteiger partial charge < -0.3 is 15.7 Å². The molecule has 5 heteroatoms. The molecule has 1 unspecified atom stereocenters. The molecule has 0 aliphatic carbocycles. The lowest BCUT2D eigenvalue weighted by Crippen LogP contribution is -2.36. The van der Waals surface area contributed by atoms with Gasteiger partial charge in [-0.1, -0.05) is 25.5 Å². The zero-order valence-corrected chi connectivity index (χ0v) is 12.7. The minimum absolute atomic E-state index is 0.0492. The van der Waals surface area contributed by atoms with Crippen molar-refractivity contribution >= 4 is 17.7 Å². The predicted octanol–water partition coefficient (Wildman–Crippen LogP) is 3.40. The summed E-state index contributed by atoms with van der Waals surface area (Å²) in [4.78, 5) is 22.2. The number of nitrogens with one attached hydrogen (secondary N) is 2. The van der Waals surface area contributed by atoms with Gasteiger partial charge in [0, 0.05) is 18.2 Å². The average Bonchev–Trinajstić information content (AvgIpc) is 2.44. The van der Waals surface area contributed by atoms with E-state index in [0.29, 0.717) is 6.42 Å². The minimum atomic E-state index is -0.855. The van der Waals surface area contributed by atoms with Crippen LogP contribution >= 0.6 is 0 Å². The fourth-order valence-corrected chi connectivity index (χ4v) is 1.94. The van der Waals surface area contributed by atoms with E-state index in [9.17, 15) is 9.59 Å². The number of benzene rings is 1. The van der Waals surface area contributed by atoms with Gasteiger partial charge >= 0.3 is 12.0 Å². The number of amides is 2. The van der Waals surface area contributed by atoms with E-state index >= 15 is 0 Å². The number of urea groups is 1. The first kappa shape index (κ1) is 17.0. The van der Waals surface area contributed by atoms with Gasteiger partial charge in [-0.15, -0.1) is 0 Å². The van der Waals surface area contributed by atoms with E-state index in [1.807, 2.05) is 24.3 Å². The minimum Gasteiger partial charge on any atom is -0.481 e. The Hall–Kier alpha value is -2.04. The van der Waals surface area contributed by atoms with Crippen molar-refractivity contribution in [1.82, 2.24) is 5.32 Å². The maximum Gasteiger partial charge on any atom is 0.319 e. The molecule has 1 aromatic carbocycles. The van der Waals surface area contributed by atoms with Crippen LogP contribution < -0.4 is 10.6 Å². The lowest BCUT2D eigenvalue weighted by atomic mass is 10.1. The Labute approximate surface area is 125 Å². The summed E-state index contributed by atoms with van der Waals surface area (Å²) in [7, 11) is 0. The number of carbonyl (C=O) groups excluding carboxylic acids is 1. The Morgan fingerprint density at radius 2 is 1.90 bits per heavy atom. The Morgan fingerprint density at radius 3 is 2.48 bits per heavy atom. The topological polar surface area (TPSA) is 78.4 Å². The van der Waals surface area contributed by atoms with E-state index in [1.165, 1.54) is 5.56 Å². The zero-order chi connectivity index (χ0) is 15.7. The molecule has 0 heterocycles. The summed E-state index contributed by atoms with van der Waals surface area (Å²) in [5, 5.41) is 14.1. The summed E-state index contributed by atoms with van der Waals surface area (Å²) < 4.78 is 0. The van der Waals surface area contributed by atoms with Crippen molar-refractivity contribution in [2.75, 3.05) is 5.32 Å². The SMILES string of the molecule is CCCCc1ccc(NC(=O)NC(C)CCC(=O)O)cc1. The molecule has 0 fully saturated rings. The Bertz CT molecular complexity index is 457. The molecule has 0 bridgehead atoms. The van der Waals surface area contributed by atoms with Gasteiger partial charge in [-0.3, -0.25) is 4.79 Å². The molecule has 0 spiro atoms. The largest absolute Gasteiger partial charge is 0.481 e. The number of carbonyl (C=O) groups is 2. The zero-order valence-electron chi connectivity index (χ0n) is 12.7. The van der Waals surface area contributed by atoms with Crippen LogP contribution in [-0.2, 0) is 11.2 Å². The molecule has 1 rings (SSSR count). The number of hydrogen-bond donors (Lipinski definition) is 3. The van der Waals surface area contributed by atoms with Crippen LogP contribution in [0, 0.1) is 0 Å². The third kappa shape index (κ3) is 7.34. The van der Waals surface area contributed by atoms with Gasteiger partial charge in [0.25, 0.3) is 0 Å². The predicted molar refractivity (Wildman–Crippen MR) is 83.5 cm³/mol. The third-order valence-corrected chi connectivity index (χ3v) is 3.20. The standard InChI is InChI=1S/C16H24N2O3/c1-3-4-5-13-7-9-14(10-8-13)18-16(21)17-12(2)6-11-15(19)20/h7-10,12H,3-6,11H2,1-2H3,(H,19,20)(H2,17,18,21). The molecule has 116 valence electrons. The highest BCUT2D eigenvalue weighted by atomic mass is 16.4. The van der Waals surface area contributed by atoms with E-state index in [4.69, 9.17) is 5.11 Å². The van der Waals surface area contributed by atoms with E-state index in [1.54, 1.807) is 6.92 Å². The molecule has 0 aliphatic heterocycles. The number of hydrogen-bond acceptors (Lipinski definition) is 2. The van der Waals surface area contributed by atoms with Crippen molar-refractivity contribution in [2.45, 2.75) is 52.0 Å². The van der Waals surface area contributed by atoms with Crippen LogP contribution in [0.1, 0.15) is 45.1 Å². The van der Waals surface area contributed by atoms with Gasteiger partial charge in [-0.25, -0.2) is 4.79 Å². The first-order valence-corrected chi connectivity index (χ1v) is 7.39. The lowest BCUT2D eigenvalue weighted by Gasteiger charge is -2.14. The Morgan fingerprint density at radius 1 is 1.24 bits per heavy atom. The molecule has 1 atom stereocenters.